The van der Waals surface area contributed by atoms with Crippen LogP contribution in [0.5, 0.6) is 5.75 Å². The van der Waals surface area contributed by atoms with Crippen molar-refractivity contribution in [3.8, 4) is 5.75 Å². The quantitative estimate of drug-likeness (QED) is 0.637. The monoisotopic (exact) mass is 470 g/mol. The Morgan fingerprint density at radius 3 is 2.62 bits per heavy atom. The van der Waals surface area contributed by atoms with Gasteiger partial charge in [0, 0.05) is 25.5 Å². The van der Waals surface area contributed by atoms with E-state index in [1.165, 1.54) is 18.2 Å². The molecule has 0 bridgehead atoms. The molecule has 34 heavy (non-hydrogen) atoms. The molecule has 10 heteroatoms. The van der Waals surface area contributed by atoms with Crippen molar-refractivity contribution in [3.63, 3.8) is 0 Å². The lowest BCUT2D eigenvalue weighted by molar-refractivity contribution is -0.133. The van der Waals surface area contributed by atoms with Crippen LogP contribution in [0.4, 0.5) is 20.6 Å². The van der Waals surface area contributed by atoms with Crippen molar-refractivity contribution < 1.29 is 28.2 Å². The van der Waals surface area contributed by atoms with E-state index in [0.29, 0.717) is 35.5 Å². The van der Waals surface area contributed by atoms with Crippen LogP contribution in [0.25, 0.3) is 0 Å². The molecule has 180 valence electrons. The Morgan fingerprint density at radius 1 is 1.12 bits per heavy atom. The minimum atomic E-state index is -0.569. The summed E-state index contributed by atoms with van der Waals surface area (Å²) in [5.74, 6) is -0.434. The van der Waals surface area contributed by atoms with Crippen molar-refractivity contribution in [3.05, 3.63) is 53.8 Å². The van der Waals surface area contributed by atoms with Gasteiger partial charge in [0.25, 0.3) is 5.91 Å². The number of ether oxygens (including phenoxy) is 2. The number of nitrogens with one attached hydrogen (secondary N) is 3. The number of amides is 4. The zero-order valence-corrected chi connectivity index (χ0v) is 19.0. The van der Waals surface area contributed by atoms with Crippen molar-refractivity contribution in [1.82, 2.24) is 10.2 Å². The maximum absolute atomic E-state index is 13.3. The molecule has 2 aliphatic heterocycles. The molecule has 3 atom stereocenters. The van der Waals surface area contributed by atoms with E-state index in [1.54, 1.807) is 43.3 Å². The molecule has 0 unspecified atom stereocenters. The number of benzene rings is 2. The molecule has 0 spiro atoms. The van der Waals surface area contributed by atoms with Crippen molar-refractivity contribution in [2.45, 2.75) is 37.5 Å². The summed E-state index contributed by atoms with van der Waals surface area (Å²) in [6, 6.07) is 9.56. The molecule has 2 aromatic carbocycles. The highest BCUT2D eigenvalue weighted by Gasteiger charge is 2.39. The van der Waals surface area contributed by atoms with Gasteiger partial charge in [0.05, 0.1) is 24.1 Å². The summed E-state index contributed by atoms with van der Waals surface area (Å²) in [5, 5.41) is 7.81. The molecule has 0 radical (unpaired) electrons. The molecule has 2 aromatic rings. The number of hydrogen-bond donors (Lipinski definition) is 3. The van der Waals surface area contributed by atoms with Gasteiger partial charge in [0.15, 0.2) is 0 Å². The summed E-state index contributed by atoms with van der Waals surface area (Å²) >= 11 is 0. The number of halogens is 1. The number of anilines is 2. The second-order valence-electron chi connectivity index (χ2n) is 8.35. The third-order valence-electron chi connectivity index (χ3n) is 6.04. The Morgan fingerprint density at radius 2 is 1.88 bits per heavy atom. The van der Waals surface area contributed by atoms with Gasteiger partial charge in [0.2, 0.25) is 5.91 Å². The smallest absolute Gasteiger partial charge is 0.323 e. The lowest BCUT2D eigenvalue weighted by atomic mass is 9.94. The molecule has 0 aromatic heterocycles. The molecule has 0 aliphatic carbocycles. The van der Waals surface area contributed by atoms with Crippen LogP contribution in [0.1, 0.15) is 29.6 Å². The van der Waals surface area contributed by atoms with Crippen LogP contribution in [0.15, 0.2) is 42.5 Å². The van der Waals surface area contributed by atoms with Crippen molar-refractivity contribution in [2.24, 2.45) is 0 Å². The van der Waals surface area contributed by atoms with E-state index in [9.17, 15) is 18.8 Å². The van der Waals surface area contributed by atoms with Gasteiger partial charge in [-0.3, -0.25) is 9.59 Å². The van der Waals surface area contributed by atoms with Crippen LogP contribution in [0, 0.1) is 5.82 Å². The summed E-state index contributed by atoms with van der Waals surface area (Å²) in [4.78, 5) is 39.0. The summed E-state index contributed by atoms with van der Waals surface area (Å²) in [6.07, 6.45) is 1.01. The van der Waals surface area contributed by atoms with Crippen LogP contribution in [0.2, 0.25) is 0 Å². The van der Waals surface area contributed by atoms with E-state index < -0.39 is 11.8 Å². The molecule has 4 amide bonds. The zero-order chi connectivity index (χ0) is 24.2. The third-order valence-corrected chi connectivity index (χ3v) is 6.04. The molecule has 0 saturated carbocycles. The number of carbonyl (C=O) groups is 3. The molecular weight excluding hydrogens is 443 g/mol. The number of fused-ring (bicyclic) bond motifs is 2. The van der Waals surface area contributed by atoms with Gasteiger partial charge in [-0.1, -0.05) is 6.07 Å². The van der Waals surface area contributed by atoms with Crippen LogP contribution in [-0.4, -0.2) is 61.7 Å². The number of urea groups is 1. The largest absolute Gasteiger partial charge is 0.490 e. The van der Waals surface area contributed by atoms with Crippen LogP contribution < -0.4 is 20.7 Å². The summed E-state index contributed by atoms with van der Waals surface area (Å²) < 4.78 is 25.4. The van der Waals surface area contributed by atoms with E-state index in [4.69, 9.17) is 9.47 Å². The molecule has 2 heterocycles. The molecule has 4 rings (SSSR count). The highest BCUT2D eigenvalue weighted by Crippen LogP contribution is 2.32. The topological polar surface area (TPSA) is 109 Å². The van der Waals surface area contributed by atoms with E-state index in [-0.39, 0.29) is 43.1 Å². The number of nitrogens with zero attached hydrogens (tertiary/aromatic N) is 1. The SMILES string of the molecule is CNC(=O)C[C@H]1CC[C@H]2[C@@H](COc3ccc(NC(=O)Nc4cccc(F)c4)cc3C(=O)N2C)O1. The Bertz CT molecular complexity index is 1090. The average Bonchev–Trinajstić information content (AvgIpc) is 2.81. The van der Waals surface area contributed by atoms with Gasteiger partial charge in [-0.15, -0.1) is 0 Å². The van der Waals surface area contributed by atoms with Crippen molar-refractivity contribution in [2.75, 3.05) is 31.3 Å². The van der Waals surface area contributed by atoms with Gasteiger partial charge < -0.3 is 30.3 Å². The van der Waals surface area contributed by atoms with Gasteiger partial charge in [-0.05, 0) is 49.2 Å². The van der Waals surface area contributed by atoms with Crippen LogP contribution in [-0.2, 0) is 9.53 Å². The fourth-order valence-corrected chi connectivity index (χ4v) is 4.27. The van der Waals surface area contributed by atoms with E-state index >= 15 is 0 Å². The molecular formula is C24H27FN4O5. The third kappa shape index (κ3) is 5.28. The summed E-state index contributed by atoms with van der Waals surface area (Å²) in [7, 11) is 3.30. The molecule has 9 nitrogen and oxygen atoms in total. The molecule has 2 aliphatic rings. The predicted octanol–water partition coefficient (Wildman–Crippen LogP) is 2.99. The first-order valence-electron chi connectivity index (χ1n) is 11.1. The minimum absolute atomic E-state index is 0.0912. The Balaban J connectivity index is 1.47. The number of carbonyl (C=O) groups excluding carboxylic acids is 3. The highest BCUT2D eigenvalue weighted by molar-refractivity contribution is 6.02. The first-order chi connectivity index (χ1) is 16.3. The number of rotatable bonds is 4. The normalized spacial score (nSPS) is 21.8. The van der Waals surface area contributed by atoms with Crippen molar-refractivity contribution in [1.29, 1.82) is 0 Å². The minimum Gasteiger partial charge on any atom is -0.490 e. The number of likely N-dealkylation sites (N-methyl/N-ethyl adjacent to an activating group) is 1. The summed E-state index contributed by atoms with van der Waals surface area (Å²) in [6.45, 7) is 0.229. The molecule has 1 saturated heterocycles. The van der Waals surface area contributed by atoms with Gasteiger partial charge in [-0.25, -0.2) is 9.18 Å². The fourth-order valence-electron chi connectivity index (χ4n) is 4.27. The van der Waals surface area contributed by atoms with Crippen LogP contribution in [0.3, 0.4) is 0 Å². The van der Waals surface area contributed by atoms with Gasteiger partial charge >= 0.3 is 6.03 Å². The van der Waals surface area contributed by atoms with E-state index in [0.717, 1.165) is 0 Å². The Hall–Kier alpha value is -3.66. The lowest BCUT2D eigenvalue weighted by Gasteiger charge is -2.42. The predicted molar refractivity (Wildman–Crippen MR) is 123 cm³/mol. The first-order valence-corrected chi connectivity index (χ1v) is 11.1. The fraction of sp³-hybridized carbons (Fsp3) is 0.375. The second kappa shape index (κ2) is 10.1. The van der Waals surface area contributed by atoms with E-state index in [1.807, 2.05) is 0 Å². The maximum atomic E-state index is 13.3. The molecule has 1 fully saturated rings. The zero-order valence-electron chi connectivity index (χ0n) is 19.0. The molecule has 3 N–H and O–H groups in total. The maximum Gasteiger partial charge on any atom is 0.323 e. The first kappa shape index (κ1) is 23.5. The van der Waals surface area contributed by atoms with Gasteiger partial charge in [-0.2, -0.15) is 0 Å². The summed E-state index contributed by atoms with van der Waals surface area (Å²) in [5.41, 5.74) is 1.01. The lowest BCUT2D eigenvalue weighted by Crippen LogP contribution is -2.53. The Labute approximate surface area is 196 Å². The average molecular weight is 471 g/mol. The standard InChI is InChI=1S/C24H27FN4O5/c1-26-22(30)12-17-7-8-19-21(34-17)13-33-20-9-6-16(11-18(20)23(31)29(19)2)28-24(32)27-15-5-3-4-14(25)10-15/h3-6,9-11,17,19,21H,7-8,12-13H2,1-2H3,(H,26,30)(H2,27,28,32)/t17-,19+,21-/m1/s1. The van der Waals surface area contributed by atoms with Crippen LogP contribution >= 0.6 is 0 Å². The van der Waals surface area contributed by atoms with Crippen molar-refractivity contribution >= 4 is 29.2 Å². The highest BCUT2D eigenvalue weighted by atomic mass is 19.1. The Kier molecular flexibility index (Phi) is 6.97. The number of hydrogen-bond acceptors (Lipinski definition) is 5. The van der Waals surface area contributed by atoms with E-state index in [2.05, 4.69) is 16.0 Å². The second-order valence-corrected chi connectivity index (χ2v) is 8.35. The van der Waals surface area contributed by atoms with Gasteiger partial charge in [0.1, 0.15) is 24.3 Å².